The van der Waals surface area contributed by atoms with Gasteiger partial charge in [-0.05, 0) is 35.4 Å². The van der Waals surface area contributed by atoms with Gasteiger partial charge in [-0.2, -0.15) is 4.31 Å². The van der Waals surface area contributed by atoms with E-state index < -0.39 is 45.8 Å². The maximum absolute atomic E-state index is 14.2. The molecule has 1 aliphatic heterocycles. The number of hydrogen-bond acceptors (Lipinski definition) is 5. The molecule has 0 aliphatic carbocycles. The highest BCUT2D eigenvalue weighted by Crippen LogP contribution is 2.52. The van der Waals surface area contributed by atoms with E-state index in [-0.39, 0.29) is 4.90 Å². The van der Waals surface area contributed by atoms with Crippen LogP contribution in [0.3, 0.4) is 0 Å². The third-order valence-corrected chi connectivity index (χ3v) is 8.72. The van der Waals surface area contributed by atoms with Crippen molar-refractivity contribution in [2.75, 3.05) is 14.2 Å². The van der Waals surface area contributed by atoms with Gasteiger partial charge in [-0.1, -0.05) is 76.6 Å². The Hall–Kier alpha value is -3.01. The first-order valence-electron chi connectivity index (χ1n) is 11.0. The van der Waals surface area contributed by atoms with Gasteiger partial charge in [-0.3, -0.25) is 9.59 Å². The smallest absolute Gasteiger partial charge is 0.311 e. The molecule has 1 saturated heterocycles. The van der Waals surface area contributed by atoms with Crippen LogP contribution >= 0.6 is 15.9 Å². The molecule has 9 heteroatoms. The minimum Gasteiger partial charge on any atom is -0.469 e. The van der Waals surface area contributed by atoms with E-state index in [2.05, 4.69) is 21.2 Å². The lowest BCUT2D eigenvalue weighted by molar-refractivity contribution is -0.146. The van der Waals surface area contributed by atoms with Crippen molar-refractivity contribution in [2.24, 2.45) is 5.92 Å². The van der Waals surface area contributed by atoms with Crippen LogP contribution in [-0.4, -0.2) is 44.8 Å². The molecular formula is C26H25BrN2O5S. The van der Waals surface area contributed by atoms with Crippen LogP contribution < -0.4 is 5.32 Å². The zero-order valence-electron chi connectivity index (χ0n) is 19.2. The number of amides is 1. The first-order valence-corrected chi connectivity index (χ1v) is 13.2. The number of ether oxygens (including phenoxy) is 1. The van der Waals surface area contributed by atoms with Gasteiger partial charge in [0.2, 0.25) is 15.9 Å². The molecule has 182 valence electrons. The highest BCUT2D eigenvalue weighted by molar-refractivity contribution is 9.10. The van der Waals surface area contributed by atoms with Crippen LogP contribution in [0.2, 0.25) is 0 Å². The zero-order chi connectivity index (χ0) is 25.2. The molecule has 1 aliphatic rings. The number of benzene rings is 3. The summed E-state index contributed by atoms with van der Waals surface area (Å²) in [6, 6.07) is 22.0. The maximum atomic E-state index is 14.2. The fraction of sp³-hybridized carbons (Fsp3) is 0.231. The number of nitrogens with zero attached hydrogens (tertiary/aromatic N) is 1. The van der Waals surface area contributed by atoms with Crippen molar-refractivity contribution < 1.29 is 22.7 Å². The van der Waals surface area contributed by atoms with E-state index in [4.69, 9.17) is 4.74 Å². The van der Waals surface area contributed by atoms with Crippen LogP contribution in [-0.2, 0) is 24.3 Å². The summed E-state index contributed by atoms with van der Waals surface area (Å²) >= 11 is 3.33. The van der Waals surface area contributed by atoms with Crippen molar-refractivity contribution >= 4 is 37.8 Å². The molecule has 0 spiro atoms. The molecule has 3 aromatic rings. The molecule has 3 aromatic carbocycles. The standard InChI is InChI=1S/C26H25BrN2O5S/c1-28-25(30)24-21(17-9-5-3-6-10-17)22(26(31)34-2)23(18-11-7-4-8-12-18)29(24)35(32,33)20-15-13-19(27)14-16-20/h3-16,21-24H,1-2H3,(H,28,30). The molecule has 4 atom stereocenters. The number of methoxy groups -OCH3 is 1. The van der Waals surface area contributed by atoms with Gasteiger partial charge in [0.05, 0.1) is 24.0 Å². The first-order chi connectivity index (χ1) is 16.8. The molecule has 1 heterocycles. The van der Waals surface area contributed by atoms with E-state index in [1.165, 1.54) is 30.6 Å². The Balaban J connectivity index is 2.03. The first kappa shape index (κ1) is 25.1. The summed E-state index contributed by atoms with van der Waals surface area (Å²) in [7, 11) is -1.50. The lowest BCUT2D eigenvalue weighted by atomic mass is 9.80. The third-order valence-electron chi connectivity index (χ3n) is 6.32. The van der Waals surface area contributed by atoms with Crippen molar-refractivity contribution in [3.8, 4) is 0 Å². The lowest BCUT2D eigenvalue weighted by Crippen LogP contribution is -2.47. The van der Waals surface area contributed by atoms with E-state index in [0.717, 1.165) is 4.47 Å². The SMILES string of the molecule is CNC(=O)C1C(c2ccccc2)C(C(=O)OC)C(c2ccccc2)N1S(=O)(=O)c1ccc(Br)cc1. The minimum absolute atomic E-state index is 0.0212. The average molecular weight is 557 g/mol. The number of nitrogens with one attached hydrogen (secondary N) is 1. The molecule has 1 fully saturated rings. The van der Waals surface area contributed by atoms with Crippen LogP contribution in [0.1, 0.15) is 23.1 Å². The number of halogens is 1. The monoisotopic (exact) mass is 556 g/mol. The number of hydrogen-bond donors (Lipinski definition) is 1. The fourth-order valence-corrected chi connectivity index (χ4v) is 6.88. The summed E-state index contributed by atoms with van der Waals surface area (Å²) in [6.07, 6.45) is 0. The van der Waals surface area contributed by atoms with Gasteiger partial charge in [-0.25, -0.2) is 8.42 Å². The second kappa shape index (κ2) is 10.3. The molecule has 0 radical (unpaired) electrons. The van der Waals surface area contributed by atoms with E-state index in [1.807, 2.05) is 12.1 Å². The van der Waals surface area contributed by atoms with Gasteiger partial charge >= 0.3 is 5.97 Å². The molecule has 1 N–H and O–H groups in total. The van der Waals surface area contributed by atoms with Crippen LogP contribution in [0.4, 0.5) is 0 Å². The van der Waals surface area contributed by atoms with Crippen molar-refractivity contribution in [1.82, 2.24) is 9.62 Å². The maximum Gasteiger partial charge on any atom is 0.311 e. The highest BCUT2D eigenvalue weighted by atomic mass is 79.9. The summed E-state index contributed by atoms with van der Waals surface area (Å²) in [6.45, 7) is 0. The number of rotatable bonds is 6. The van der Waals surface area contributed by atoms with Crippen molar-refractivity contribution in [3.63, 3.8) is 0 Å². The second-order valence-electron chi connectivity index (χ2n) is 8.19. The van der Waals surface area contributed by atoms with Crippen LogP contribution in [0, 0.1) is 5.92 Å². The van der Waals surface area contributed by atoms with Crippen molar-refractivity contribution in [1.29, 1.82) is 0 Å². The summed E-state index contributed by atoms with van der Waals surface area (Å²) in [5.41, 5.74) is 1.27. The Morgan fingerprint density at radius 2 is 1.43 bits per heavy atom. The minimum atomic E-state index is -4.23. The van der Waals surface area contributed by atoms with Gasteiger partial charge in [0.25, 0.3) is 0 Å². The number of sulfonamides is 1. The third kappa shape index (κ3) is 4.63. The Bertz CT molecular complexity index is 1300. The molecule has 0 aromatic heterocycles. The molecule has 7 nitrogen and oxygen atoms in total. The van der Waals surface area contributed by atoms with E-state index in [1.54, 1.807) is 60.7 Å². The molecular weight excluding hydrogens is 532 g/mol. The van der Waals surface area contributed by atoms with Crippen LogP contribution in [0.5, 0.6) is 0 Å². The molecule has 4 unspecified atom stereocenters. The Kier molecular flexibility index (Phi) is 7.39. The summed E-state index contributed by atoms with van der Waals surface area (Å²) < 4.78 is 35.4. The second-order valence-corrected chi connectivity index (χ2v) is 10.9. The van der Waals surface area contributed by atoms with Gasteiger partial charge in [0, 0.05) is 17.4 Å². The van der Waals surface area contributed by atoms with Crippen molar-refractivity contribution in [3.05, 3.63) is 101 Å². The number of carbonyl (C=O) groups is 2. The summed E-state index contributed by atoms with van der Waals surface area (Å²) in [5, 5.41) is 2.61. The van der Waals surface area contributed by atoms with Gasteiger partial charge in [0.15, 0.2) is 0 Å². The number of esters is 1. The van der Waals surface area contributed by atoms with E-state index >= 15 is 0 Å². The van der Waals surface area contributed by atoms with E-state index in [9.17, 15) is 18.0 Å². The van der Waals surface area contributed by atoms with Crippen LogP contribution in [0.25, 0.3) is 0 Å². The van der Waals surface area contributed by atoms with E-state index in [0.29, 0.717) is 11.1 Å². The summed E-state index contributed by atoms with van der Waals surface area (Å²) in [4.78, 5) is 26.7. The zero-order valence-corrected chi connectivity index (χ0v) is 21.6. The Morgan fingerprint density at radius 3 is 1.94 bits per heavy atom. The van der Waals surface area contributed by atoms with Gasteiger partial charge in [0.1, 0.15) is 6.04 Å². The molecule has 0 saturated carbocycles. The molecule has 4 rings (SSSR count). The number of likely N-dealkylation sites (N-methyl/N-ethyl adjacent to an activating group) is 1. The van der Waals surface area contributed by atoms with Crippen LogP contribution in [0.15, 0.2) is 94.3 Å². The topological polar surface area (TPSA) is 92.8 Å². The normalized spacial score (nSPS) is 22.5. The quantitative estimate of drug-likeness (QED) is 0.465. The number of carbonyl (C=O) groups excluding carboxylic acids is 2. The molecule has 1 amide bonds. The Labute approximate surface area is 213 Å². The predicted octanol–water partition coefficient (Wildman–Crippen LogP) is 3.88. The highest BCUT2D eigenvalue weighted by Gasteiger charge is 2.60. The van der Waals surface area contributed by atoms with Gasteiger partial charge in [-0.15, -0.1) is 0 Å². The Morgan fingerprint density at radius 1 is 0.886 bits per heavy atom. The molecule has 35 heavy (non-hydrogen) atoms. The summed E-state index contributed by atoms with van der Waals surface area (Å²) in [5.74, 6) is -2.83. The predicted molar refractivity (Wildman–Crippen MR) is 135 cm³/mol. The fourth-order valence-electron chi connectivity index (χ4n) is 4.82. The average Bonchev–Trinajstić information content (AvgIpc) is 3.26. The largest absolute Gasteiger partial charge is 0.469 e. The van der Waals surface area contributed by atoms with Crippen molar-refractivity contribution in [2.45, 2.75) is 22.9 Å². The van der Waals surface area contributed by atoms with Gasteiger partial charge < -0.3 is 10.1 Å². The molecule has 0 bridgehead atoms. The lowest BCUT2D eigenvalue weighted by Gasteiger charge is -2.30.